The van der Waals surface area contributed by atoms with E-state index in [1.165, 1.54) is 12.1 Å². The van der Waals surface area contributed by atoms with E-state index in [-0.39, 0.29) is 24.5 Å². The molecule has 23 heavy (non-hydrogen) atoms. The Bertz CT molecular complexity index is 655. The van der Waals surface area contributed by atoms with Gasteiger partial charge in [0.25, 0.3) is 0 Å². The van der Waals surface area contributed by atoms with Crippen molar-refractivity contribution in [2.24, 2.45) is 0 Å². The first kappa shape index (κ1) is 17.0. The third-order valence-electron chi connectivity index (χ3n) is 3.51. The molecule has 1 unspecified atom stereocenters. The van der Waals surface area contributed by atoms with Crippen LogP contribution in [0.3, 0.4) is 0 Å². The maximum Gasteiger partial charge on any atom is 0.320 e. The summed E-state index contributed by atoms with van der Waals surface area (Å²) < 4.78 is 14.6. The Labute approximate surface area is 134 Å². The minimum atomic E-state index is -0.367. The highest BCUT2D eigenvalue weighted by Gasteiger charge is 2.12. The number of rotatable bonds is 6. The molecule has 1 heterocycles. The molecule has 7 heteroatoms. The lowest BCUT2D eigenvalue weighted by Gasteiger charge is -2.15. The van der Waals surface area contributed by atoms with Crippen molar-refractivity contribution in [1.82, 2.24) is 15.1 Å². The lowest BCUT2D eigenvalue weighted by Crippen LogP contribution is -2.38. The van der Waals surface area contributed by atoms with Gasteiger partial charge < -0.3 is 10.4 Å². The summed E-state index contributed by atoms with van der Waals surface area (Å²) in [5, 5.41) is 18.7. The van der Waals surface area contributed by atoms with Crippen molar-refractivity contribution in [2.45, 2.75) is 32.7 Å². The second-order valence-electron chi connectivity index (χ2n) is 5.28. The van der Waals surface area contributed by atoms with Crippen LogP contribution in [0.4, 0.5) is 15.0 Å². The van der Waals surface area contributed by atoms with E-state index < -0.39 is 0 Å². The lowest BCUT2D eigenvalue weighted by molar-refractivity contribution is 0.237. The average molecular weight is 320 g/mol. The number of carbonyl (C=O) groups excluding carboxylic acids is 1. The number of aromatic nitrogens is 2. The number of anilines is 1. The van der Waals surface area contributed by atoms with Crippen molar-refractivity contribution in [3.8, 4) is 5.69 Å². The fourth-order valence-corrected chi connectivity index (χ4v) is 2.25. The summed E-state index contributed by atoms with van der Waals surface area (Å²) in [6, 6.07) is 7.24. The molecule has 0 aliphatic heterocycles. The average Bonchev–Trinajstić information content (AvgIpc) is 2.88. The van der Waals surface area contributed by atoms with Crippen LogP contribution < -0.4 is 10.6 Å². The van der Waals surface area contributed by atoms with Gasteiger partial charge in [-0.05, 0) is 44.0 Å². The van der Waals surface area contributed by atoms with E-state index in [1.807, 2.05) is 13.8 Å². The van der Waals surface area contributed by atoms with E-state index in [4.69, 9.17) is 5.11 Å². The molecule has 124 valence electrons. The summed E-state index contributed by atoms with van der Waals surface area (Å²) in [6.45, 7) is 3.81. The SMILES string of the molecule is CCC(CCO)NC(=O)Nc1cc(C)n(-c2ccc(F)cc2)n1. The van der Waals surface area contributed by atoms with Crippen LogP contribution in [0.5, 0.6) is 0 Å². The highest BCUT2D eigenvalue weighted by atomic mass is 19.1. The summed E-state index contributed by atoms with van der Waals surface area (Å²) in [7, 11) is 0. The quantitative estimate of drug-likeness (QED) is 0.765. The summed E-state index contributed by atoms with van der Waals surface area (Å²) in [4.78, 5) is 12.0. The molecule has 0 saturated heterocycles. The van der Waals surface area contributed by atoms with Crippen LogP contribution in [-0.4, -0.2) is 33.6 Å². The number of carbonyl (C=O) groups is 1. The molecular weight excluding hydrogens is 299 g/mol. The maximum atomic E-state index is 13.0. The Morgan fingerprint density at radius 3 is 2.70 bits per heavy atom. The predicted octanol–water partition coefficient (Wildman–Crippen LogP) is 2.60. The molecule has 0 saturated carbocycles. The second kappa shape index (κ2) is 7.73. The molecule has 3 N–H and O–H groups in total. The van der Waals surface area contributed by atoms with Crippen molar-refractivity contribution in [2.75, 3.05) is 11.9 Å². The lowest BCUT2D eigenvalue weighted by atomic mass is 10.2. The number of hydrogen-bond donors (Lipinski definition) is 3. The highest BCUT2D eigenvalue weighted by Crippen LogP contribution is 2.15. The van der Waals surface area contributed by atoms with E-state index in [1.54, 1.807) is 22.9 Å². The van der Waals surface area contributed by atoms with Gasteiger partial charge in [0.2, 0.25) is 0 Å². The number of halogens is 1. The molecule has 2 rings (SSSR count). The Balaban J connectivity index is 2.06. The minimum Gasteiger partial charge on any atom is -0.396 e. The van der Waals surface area contributed by atoms with Crippen molar-refractivity contribution < 1.29 is 14.3 Å². The number of aryl methyl sites for hydroxylation is 1. The Kier molecular flexibility index (Phi) is 5.70. The van der Waals surface area contributed by atoms with Crippen LogP contribution in [0.25, 0.3) is 5.69 Å². The molecule has 0 spiro atoms. The first-order chi connectivity index (χ1) is 11.0. The fourth-order valence-electron chi connectivity index (χ4n) is 2.25. The summed E-state index contributed by atoms with van der Waals surface area (Å²) in [6.07, 6.45) is 1.24. The number of benzene rings is 1. The van der Waals surface area contributed by atoms with Crippen molar-refractivity contribution in [1.29, 1.82) is 0 Å². The van der Waals surface area contributed by atoms with Crippen LogP contribution in [-0.2, 0) is 0 Å². The highest BCUT2D eigenvalue weighted by molar-refractivity contribution is 5.88. The number of urea groups is 1. The summed E-state index contributed by atoms with van der Waals surface area (Å²) >= 11 is 0. The fraction of sp³-hybridized carbons (Fsp3) is 0.375. The van der Waals surface area contributed by atoms with Gasteiger partial charge in [0.1, 0.15) is 5.82 Å². The van der Waals surface area contributed by atoms with Gasteiger partial charge in [-0.15, -0.1) is 5.10 Å². The van der Waals surface area contributed by atoms with Crippen LogP contribution in [0, 0.1) is 12.7 Å². The number of nitrogens with zero attached hydrogens (tertiary/aromatic N) is 2. The Hall–Kier alpha value is -2.41. The third kappa shape index (κ3) is 4.53. The smallest absolute Gasteiger partial charge is 0.320 e. The van der Waals surface area contributed by atoms with Crippen LogP contribution in [0.15, 0.2) is 30.3 Å². The molecule has 0 fully saturated rings. The van der Waals surface area contributed by atoms with Gasteiger partial charge >= 0.3 is 6.03 Å². The third-order valence-corrected chi connectivity index (χ3v) is 3.51. The molecule has 0 aliphatic carbocycles. The van der Waals surface area contributed by atoms with Gasteiger partial charge in [-0.1, -0.05) is 6.92 Å². The van der Waals surface area contributed by atoms with Crippen molar-refractivity contribution in [3.05, 3.63) is 41.8 Å². The standard InChI is InChI=1S/C16H21FN4O2/c1-3-13(8-9-22)18-16(23)19-15-10-11(2)21(20-15)14-6-4-12(17)5-7-14/h4-7,10,13,22H,3,8-9H2,1-2H3,(H2,18,19,20,23). The summed E-state index contributed by atoms with van der Waals surface area (Å²) in [5.74, 6) is 0.0916. The largest absolute Gasteiger partial charge is 0.396 e. The first-order valence-corrected chi connectivity index (χ1v) is 7.54. The van der Waals surface area contributed by atoms with Gasteiger partial charge in [0.15, 0.2) is 5.82 Å². The van der Waals surface area contributed by atoms with E-state index in [2.05, 4.69) is 15.7 Å². The topological polar surface area (TPSA) is 79.2 Å². The molecule has 2 aromatic rings. The first-order valence-electron chi connectivity index (χ1n) is 7.54. The van der Waals surface area contributed by atoms with Crippen LogP contribution in [0.1, 0.15) is 25.5 Å². The number of hydrogen-bond acceptors (Lipinski definition) is 3. The zero-order chi connectivity index (χ0) is 16.8. The van der Waals surface area contributed by atoms with E-state index in [0.29, 0.717) is 17.9 Å². The molecule has 0 aliphatic rings. The van der Waals surface area contributed by atoms with Gasteiger partial charge in [-0.25, -0.2) is 13.9 Å². The van der Waals surface area contributed by atoms with Crippen LogP contribution >= 0.6 is 0 Å². The normalized spacial score (nSPS) is 12.0. The molecule has 0 bridgehead atoms. The molecule has 0 radical (unpaired) electrons. The zero-order valence-corrected chi connectivity index (χ0v) is 13.2. The van der Waals surface area contributed by atoms with Gasteiger partial charge in [0, 0.05) is 24.4 Å². The molecule has 1 aromatic carbocycles. The van der Waals surface area contributed by atoms with Crippen molar-refractivity contribution >= 4 is 11.8 Å². The van der Waals surface area contributed by atoms with Crippen LogP contribution in [0.2, 0.25) is 0 Å². The van der Waals surface area contributed by atoms with E-state index >= 15 is 0 Å². The number of amides is 2. The number of aliphatic hydroxyl groups is 1. The number of aliphatic hydroxyl groups excluding tert-OH is 1. The molecule has 1 aromatic heterocycles. The minimum absolute atomic E-state index is 0.0249. The van der Waals surface area contributed by atoms with Gasteiger partial charge in [0.05, 0.1) is 5.69 Å². The predicted molar refractivity (Wildman–Crippen MR) is 86.2 cm³/mol. The maximum absolute atomic E-state index is 13.0. The van der Waals surface area contributed by atoms with Gasteiger partial charge in [-0.3, -0.25) is 5.32 Å². The monoisotopic (exact) mass is 320 g/mol. The van der Waals surface area contributed by atoms with E-state index in [9.17, 15) is 9.18 Å². The Morgan fingerprint density at radius 1 is 1.39 bits per heavy atom. The summed E-state index contributed by atoms with van der Waals surface area (Å²) in [5.41, 5.74) is 1.53. The molecular formula is C16H21FN4O2. The van der Waals surface area contributed by atoms with E-state index in [0.717, 1.165) is 12.1 Å². The van der Waals surface area contributed by atoms with Gasteiger partial charge in [-0.2, -0.15) is 0 Å². The van der Waals surface area contributed by atoms with Crippen molar-refractivity contribution in [3.63, 3.8) is 0 Å². The Morgan fingerprint density at radius 2 is 2.09 bits per heavy atom. The molecule has 1 atom stereocenters. The molecule has 2 amide bonds. The second-order valence-corrected chi connectivity index (χ2v) is 5.28. The molecule has 6 nitrogen and oxygen atoms in total. The zero-order valence-electron chi connectivity index (χ0n) is 13.2. The number of nitrogens with one attached hydrogen (secondary N) is 2.